The molecule has 0 saturated carbocycles. The number of piperidine rings is 1. The van der Waals surface area contributed by atoms with E-state index in [-0.39, 0.29) is 17.9 Å². The van der Waals surface area contributed by atoms with Gasteiger partial charge in [0.2, 0.25) is 5.91 Å². The Hall–Kier alpha value is -1.70. The minimum absolute atomic E-state index is 0.0289. The van der Waals surface area contributed by atoms with Gasteiger partial charge in [-0.2, -0.15) is 4.31 Å². The SMILES string of the molecule is C[C@H](NC(=O)C1CCN(S(=O)(=O)c2cccs2)CC1)c1ccc2c(c1)CCC2. The molecule has 1 fully saturated rings. The van der Waals surface area contributed by atoms with Crippen LogP contribution in [0.25, 0.3) is 0 Å². The zero-order valence-corrected chi connectivity index (χ0v) is 17.7. The van der Waals surface area contributed by atoms with Crippen LogP contribution in [0.1, 0.15) is 48.9 Å². The first kappa shape index (κ1) is 19.6. The Morgan fingerprint density at radius 2 is 1.93 bits per heavy atom. The maximum Gasteiger partial charge on any atom is 0.252 e. The van der Waals surface area contributed by atoms with Crippen molar-refractivity contribution in [2.24, 2.45) is 5.92 Å². The van der Waals surface area contributed by atoms with E-state index in [9.17, 15) is 13.2 Å². The largest absolute Gasteiger partial charge is 0.349 e. The third kappa shape index (κ3) is 3.88. The van der Waals surface area contributed by atoms with Crippen LogP contribution in [0, 0.1) is 5.92 Å². The van der Waals surface area contributed by atoms with Crippen LogP contribution >= 0.6 is 11.3 Å². The van der Waals surface area contributed by atoms with Gasteiger partial charge in [-0.05, 0) is 67.2 Å². The van der Waals surface area contributed by atoms with Gasteiger partial charge in [-0.1, -0.05) is 24.3 Å². The van der Waals surface area contributed by atoms with E-state index in [4.69, 9.17) is 0 Å². The maximum absolute atomic E-state index is 12.7. The molecule has 1 aliphatic carbocycles. The van der Waals surface area contributed by atoms with Crippen molar-refractivity contribution in [3.8, 4) is 0 Å². The average molecular weight is 419 g/mol. The second-order valence-electron chi connectivity index (χ2n) is 7.72. The molecule has 1 saturated heterocycles. The van der Waals surface area contributed by atoms with E-state index >= 15 is 0 Å². The number of benzene rings is 1. The first-order valence-corrected chi connectivity index (χ1v) is 12.2. The molecule has 150 valence electrons. The van der Waals surface area contributed by atoms with Crippen molar-refractivity contribution in [2.45, 2.75) is 49.3 Å². The predicted octanol–water partition coefficient (Wildman–Crippen LogP) is 3.51. The summed E-state index contributed by atoms with van der Waals surface area (Å²) < 4.78 is 27.1. The number of carbonyl (C=O) groups excluding carboxylic acids is 1. The average Bonchev–Trinajstić information content (AvgIpc) is 3.39. The fourth-order valence-electron chi connectivity index (χ4n) is 4.17. The summed E-state index contributed by atoms with van der Waals surface area (Å²) in [6, 6.07) is 9.88. The number of thiophene rings is 1. The van der Waals surface area contributed by atoms with Gasteiger partial charge in [0.15, 0.2) is 0 Å². The number of hydrogen-bond acceptors (Lipinski definition) is 4. The minimum atomic E-state index is -3.42. The van der Waals surface area contributed by atoms with Crippen molar-refractivity contribution in [1.29, 1.82) is 0 Å². The summed E-state index contributed by atoms with van der Waals surface area (Å²) in [5.41, 5.74) is 3.99. The first-order valence-electron chi connectivity index (χ1n) is 9.91. The van der Waals surface area contributed by atoms with Crippen LogP contribution in [0.2, 0.25) is 0 Å². The Bertz CT molecular complexity index is 946. The first-order chi connectivity index (χ1) is 13.4. The molecular formula is C21H26N2O3S2. The monoisotopic (exact) mass is 418 g/mol. The van der Waals surface area contributed by atoms with Gasteiger partial charge in [0.1, 0.15) is 4.21 Å². The highest BCUT2D eigenvalue weighted by atomic mass is 32.2. The third-order valence-corrected chi connectivity index (χ3v) is 9.17. The predicted molar refractivity (Wildman–Crippen MR) is 111 cm³/mol. The van der Waals surface area contributed by atoms with Gasteiger partial charge in [0.05, 0.1) is 6.04 Å². The molecule has 2 heterocycles. The van der Waals surface area contributed by atoms with Gasteiger partial charge in [-0.25, -0.2) is 8.42 Å². The summed E-state index contributed by atoms with van der Waals surface area (Å²) >= 11 is 1.24. The van der Waals surface area contributed by atoms with Crippen molar-refractivity contribution in [1.82, 2.24) is 9.62 Å². The maximum atomic E-state index is 12.7. The number of amides is 1. The summed E-state index contributed by atoms with van der Waals surface area (Å²) in [5, 5.41) is 4.90. The lowest BCUT2D eigenvalue weighted by Crippen LogP contribution is -2.43. The molecule has 1 amide bonds. The molecular weight excluding hydrogens is 392 g/mol. The standard InChI is InChI=1S/C21H26N2O3S2/c1-15(18-8-7-16-4-2-5-19(16)14-18)22-21(24)17-9-11-23(12-10-17)28(25,26)20-6-3-13-27-20/h3,6-8,13-15,17H,2,4-5,9-12H2,1H3,(H,22,24)/t15-/m0/s1. The van der Waals surface area contributed by atoms with E-state index in [0.29, 0.717) is 30.1 Å². The second-order valence-corrected chi connectivity index (χ2v) is 10.8. The molecule has 0 radical (unpaired) electrons. The van der Waals surface area contributed by atoms with Gasteiger partial charge in [-0.3, -0.25) is 4.79 Å². The molecule has 28 heavy (non-hydrogen) atoms. The lowest BCUT2D eigenvalue weighted by Gasteiger charge is -2.30. The molecule has 7 heteroatoms. The van der Waals surface area contributed by atoms with Crippen LogP contribution in [0.5, 0.6) is 0 Å². The Morgan fingerprint density at radius 3 is 2.64 bits per heavy atom. The number of fused-ring (bicyclic) bond motifs is 1. The van der Waals surface area contributed by atoms with Crippen LogP contribution in [-0.2, 0) is 27.7 Å². The van der Waals surface area contributed by atoms with E-state index in [1.54, 1.807) is 17.5 Å². The van der Waals surface area contributed by atoms with Crippen molar-refractivity contribution in [3.63, 3.8) is 0 Å². The quantitative estimate of drug-likeness (QED) is 0.808. The lowest BCUT2D eigenvalue weighted by atomic mass is 9.96. The van der Waals surface area contributed by atoms with E-state index < -0.39 is 10.0 Å². The van der Waals surface area contributed by atoms with Crippen molar-refractivity contribution >= 4 is 27.3 Å². The highest BCUT2D eigenvalue weighted by Crippen LogP contribution is 2.28. The van der Waals surface area contributed by atoms with Crippen LogP contribution in [0.4, 0.5) is 0 Å². The lowest BCUT2D eigenvalue weighted by molar-refractivity contribution is -0.126. The number of nitrogens with one attached hydrogen (secondary N) is 1. The number of rotatable bonds is 5. The number of hydrogen-bond donors (Lipinski definition) is 1. The summed E-state index contributed by atoms with van der Waals surface area (Å²) in [6.45, 7) is 2.81. The topological polar surface area (TPSA) is 66.5 Å². The van der Waals surface area contributed by atoms with Crippen molar-refractivity contribution in [3.05, 3.63) is 52.4 Å². The fourth-order valence-corrected chi connectivity index (χ4v) is 6.79. The Kier molecular flexibility index (Phi) is 5.58. The fraction of sp³-hybridized carbons (Fsp3) is 0.476. The highest BCUT2D eigenvalue weighted by Gasteiger charge is 2.33. The van der Waals surface area contributed by atoms with Gasteiger partial charge >= 0.3 is 0 Å². The Morgan fingerprint density at radius 1 is 1.18 bits per heavy atom. The highest BCUT2D eigenvalue weighted by molar-refractivity contribution is 7.91. The second kappa shape index (κ2) is 7.97. The van der Waals surface area contributed by atoms with Crippen LogP contribution in [0.15, 0.2) is 39.9 Å². The van der Waals surface area contributed by atoms with Gasteiger partial charge in [0.25, 0.3) is 10.0 Å². The molecule has 0 spiro atoms. The third-order valence-electron chi connectivity index (χ3n) is 5.90. The minimum Gasteiger partial charge on any atom is -0.349 e. The van der Waals surface area contributed by atoms with Gasteiger partial charge < -0.3 is 5.32 Å². The van der Waals surface area contributed by atoms with Gasteiger partial charge in [-0.15, -0.1) is 11.3 Å². The van der Waals surface area contributed by atoms with Crippen LogP contribution in [0.3, 0.4) is 0 Å². The number of aryl methyl sites for hydroxylation is 2. The number of carbonyl (C=O) groups is 1. The molecule has 1 aliphatic heterocycles. The van der Waals surface area contributed by atoms with Gasteiger partial charge in [0, 0.05) is 19.0 Å². The summed E-state index contributed by atoms with van der Waals surface area (Å²) in [5.74, 6) is -0.104. The number of sulfonamides is 1. The molecule has 2 aliphatic rings. The van der Waals surface area contributed by atoms with E-state index in [0.717, 1.165) is 18.4 Å². The van der Waals surface area contributed by atoms with Crippen LogP contribution < -0.4 is 5.32 Å². The van der Waals surface area contributed by atoms with Crippen LogP contribution in [-0.4, -0.2) is 31.7 Å². The normalized spacial score (nSPS) is 19.3. The summed E-state index contributed by atoms with van der Waals surface area (Å²) in [6.07, 6.45) is 4.62. The molecule has 2 aromatic rings. The summed E-state index contributed by atoms with van der Waals surface area (Å²) in [4.78, 5) is 12.7. The zero-order chi connectivity index (χ0) is 19.7. The van der Waals surface area contributed by atoms with E-state index in [1.807, 2.05) is 6.92 Å². The zero-order valence-electron chi connectivity index (χ0n) is 16.1. The smallest absolute Gasteiger partial charge is 0.252 e. The Balaban J connectivity index is 1.34. The Labute approximate surface area is 170 Å². The molecule has 0 bridgehead atoms. The molecule has 0 unspecified atom stereocenters. The molecule has 1 atom stereocenters. The molecule has 1 aromatic carbocycles. The van der Waals surface area contributed by atoms with Crippen molar-refractivity contribution in [2.75, 3.05) is 13.1 Å². The number of nitrogens with zero attached hydrogens (tertiary/aromatic N) is 1. The van der Waals surface area contributed by atoms with E-state index in [2.05, 4.69) is 23.5 Å². The molecule has 1 aromatic heterocycles. The molecule has 5 nitrogen and oxygen atoms in total. The van der Waals surface area contributed by atoms with Crippen molar-refractivity contribution < 1.29 is 13.2 Å². The molecule has 4 rings (SSSR count). The summed E-state index contributed by atoms with van der Waals surface area (Å²) in [7, 11) is -3.42. The molecule has 1 N–H and O–H groups in total. The van der Waals surface area contributed by atoms with E-state index in [1.165, 1.54) is 33.2 Å².